The average molecular weight is 385 g/mol. The summed E-state index contributed by atoms with van der Waals surface area (Å²) in [6.07, 6.45) is 0. The number of aromatic nitrogens is 3. The van der Waals surface area contributed by atoms with Crippen LogP contribution in [0.25, 0.3) is 0 Å². The molecule has 1 heterocycles. The molecule has 0 unspecified atom stereocenters. The predicted octanol–water partition coefficient (Wildman–Crippen LogP) is 4.28. The van der Waals surface area contributed by atoms with Crippen molar-refractivity contribution >= 4 is 12.2 Å². The van der Waals surface area contributed by atoms with E-state index in [4.69, 9.17) is 21.7 Å². The van der Waals surface area contributed by atoms with Gasteiger partial charge >= 0.3 is 0 Å². The van der Waals surface area contributed by atoms with Gasteiger partial charge < -0.3 is 14.9 Å². The van der Waals surface area contributed by atoms with E-state index in [2.05, 4.69) is 40.7 Å². The van der Waals surface area contributed by atoms with E-state index in [0.717, 1.165) is 28.5 Å². The molecular weight excluding hydrogens is 360 g/mol. The van der Waals surface area contributed by atoms with Crippen molar-refractivity contribution in [1.82, 2.24) is 14.9 Å². The van der Waals surface area contributed by atoms with Crippen LogP contribution < -0.4 is 14.9 Å². The largest absolute Gasteiger partial charge is 0.490 e. The second kappa shape index (κ2) is 8.73. The van der Waals surface area contributed by atoms with Gasteiger partial charge in [0.15, 0.2) is 11.5 Å². The van der Waals surface area contributed by atoms with E-state index in [1.807, 2.05) is 38.1 Å². The molecular formula is C20H24N4O2S. The van der Waals surface area contributed by atoms with E-state index < -0.39 is 0 Å². The normalized spacial score (nSPS) is 10.6. The second-order valence-electron chi connectivity index (χ2n) is 6.24. The van der Waals surface area contributed by atoms with Crippen LogP contribution in [0.15, 0.2) is 42.5 Å². The fourth-order valence-corrected chi connectivity index (χ4v) is 2.99. The molecule has 0 aliphatic heterocycles. The number of nitrogens with one attached hydrogen (secondary N) is 2. The molecule has 0 aliphatic carbocycles. The van der Waals surface area contributed by atoms with Crippen LogP contribution in [-0.2, 0) is 13.2 Å². The third-order valence-corrected chi connectivity index (χ3v) is 4.34. The molecule has 0 aliphatic rings. The van der Waals surface area contributed by atoms with Crippen molar-refractivity contribution in [2.45, 2.75) is 33.9 Å². The molecule has 0 atom stereocenters. The van der Waals surface area contributed by atoms with Crippen LogP contribution in [0.1, 0.15) is 29.4 Å². The molecule has 0 radical (unpaired) electrons. The molecule has 2 N–H and O–H groups in total. The molecule has 0 fully saturated rings. The average Bonchev–Trinajstić information content (AvgIpc) is 2.97. The molecule has 0 saturated carbocycles. The molecule has 3 rings (SSSR count). The van der Waals surface area contributed by atoms with Crippen LogP contribution in [0, 0.1) is 18.6 Å². The highest BCUT2D eigenvalue weighted by Crippen LogP contribution is 2.29. The van der Waals surface area contributed by atoms with Gasteiger partial charge in [-0.1, -0.05) is 35.9 Å². The number of aryl methyl sites for hydroxylation is 2. The van der Waals surface area contributed by atoms with Gasteiger partial charge in [-0.25, -0.2) is 4.68 Å². The van der Waals surface area contributed by atoms with Gasteiger partial charge in [-0.05, 0) is 56.2 Å². The standard InChI is InChI=1S/C20H24N4O2S/c1-4-25-19-11-16(12-21-24-15(3)22-23-20(24)27)8-9-18(19)26-13-17-7-5-6-14(2)10-17/h5-11,21H,4,12-13H2,1-3H3,(H,23,27). The SMILES string of the molecule is CCOc1cc(CNn2c(C)n[nH]c2=S)ccc1OCc1cccc(C)c1. The summed E-state index contributed by atoms with van der Waals surface area (Å²) in [6.45, 7) is 7.58. The number of rotatable bonds is 8. The van der Waals surface area contributed by atoms with Gasteiger partial charge in [0.05, 0.1) is 13.2 Å². The number of hydrogen-bond acceptors (Lipinski definition) is 5. The van der Waals surface area contributed by atoms with Crippen LogP contribution in [-0.4, -0.2) is 21.5 Å². The Hall–Kier alpha value is -2.80. The maximum atomic E-state index is 5.99. The number of benzene rings is 2. The summed E-state index contributed by atoms with van der Waals surface area (Å²) in [5, 5.41) is 6.85. The van der Waals surface area contributed by atoms with E-state index in [9.17, 15) is 0 Å². The predicted molar refractivity (Wildman–Crippen MR) is 108 cm³/mol. The molecule has 2 aromatic carbocycles. The minimum Gasteiger partial charge on any atom is -0.490 e. The Labute approximate surface area is 164 Å². The van der Waals surface area contributed by atoms with Crippen LogP contribution >= 0.6 is 12.2 Å². The molecule has 7 heteroatoms. The van der Waals surface area contributed by atoms with E-state index >= 15 is 0 Å². The Morgan fingerprint density at radius 3 is 2.63 bits per heavy atom. The molecule has 0 spiro atoms. The first-order valence-corrected chi connectivity index (χ1v) is 9.29. The van der Waals surface area contributed by atoms with E-state index in [-0.39, 0.29) is 0 Å². The summed E-state index contributed by atoms with van der Waals surface area (Å²) < 4.78 is 14.1. The van der Waals surface area contributed by atoms with Gasteiger partial charge in [-0.15, -0.1) is 0 Å². The quantitative estimate of drug-likeness (QED) is 0.568. The maximum Gasteiger partial charge on any atom is 0.214 e. The zero-order chi connectivity index (χ0) is 19.2. The van der Waals surface area contributed by atoms with Crippen molar-refractivity contribution in [3.63, 3.8) is 0 Å². The highest BCUT2D eigenvalue weighted by Gasteiger charge is 2.08. The van der Waals surface area contributed by atoms with Crippen molar-refractivity contribution in [1.29, 1.82) is 0 Å². The summed E-state index contributed by atoms with van der Waals surface area (Å²) >= 11 is 5.20. The number of H-pyrrole nitrogens is 1. The van der Waals surface area contributed by atoms with Crippen molar-refractivity contribution in [3.05, 3.63) is 69.8 Å². The van der Waals surface area contributed by atoms with Gasteiger partial charge in [0.2, 0.25) is 4.77 Å². The van der Waals surface area contributed by atoms with Crippen molar-refractivity contribution < 1.29 is 9.47 Å². The third-order valence-electron chi connectivity index (χ3n) is 4.07. The zero-order valence-corrected chi connectivity index (χ0v) is 16.6. The van der Waals surface area contributed by atoms with Gasteiger partial charge in [-0.3, -0.25) is 5.10 Å². The highest BCUT2D eigenvalue weighted by molar-refractivity contribution is 7.71. The summed E-state index contributed by atoms with van der Waals surface area (Å²) in [6, 6.07) is 14.2. The first kappa shape index (κ1) is 19.0. The van der Waals surface area contributed by atoms with E-state index in [0.29, 0.717) is 24.5 Å². The Kier molecular flexibility index (Phi) is 6.13. The summed E-state index contributed by atoms with van der Waals surface area (Å²) in [5.74, 6) is 2.25. The van der Waals surface area contributed by atoms with Gasteiger partial charge in [0.1, 0.15) is 12.4 Å². The smallest absolute Gasteiger partial charge is 0.214 e. The topological polar surface area (TPSA) is 64.1 Å². The lowest BCUT2D eigenvalue weighted by Gasteiger charge is -2.14. The van der Waals surface area contributed by atoms with Gasteiger partial charge in [-0.2, -0.15) is 5.10 Å². The van der Waals surface area contributed by atoms with Crippen LogP contribution in [0.2, 0.25) is 0 Å². The lowest BCUT2D eigenvalue weighted by Crippen LogP contribution is -2.16. The fourth-order valence-electron chi connectivity index (χ4n) is 2.75. The van der Waals surface area contributed by atoms with Crippen molar-refractivity contribution in [2.75, 3.05) is 12.0 Å². The Morgan fingerprint density at radius 1 is 1.07 bits per heavy atom. The Balaban J connectivity index is 1.71. The van der Waals surface area contributed by atoms with E-state index in [1.54, 1.807) is 4.68 Å². The summed E-state index contributed by atoms with van der Waals surface area (Å²) in [5.41, 5.74) is 6.66. The molecule has 0 saturated heterocycles. The zero-order valence-electron chi connectivity index (χ0n) is 15.8. The number of nitrogens with zero attached hydrogens (tertiary/aromatic N) is 2. The highest BCUT2D eigenvalue weighted by atomic mass is 32.1. The second-order valence-corrected chi connectivity index (χ2v) is 6.62. The Bertz CT molecular complexity index is 965. The number of aromatic amines is 1. The lowest BCUT2D eigenvalue weighted by molar-refractivity contribution is 0.269. The maximum absolute atomic E-state index is 5.99. The molecule has 27 heavy (non-hydrogen) atoms. The molecule has 3 aromatic rings. The first-order chi connectivity index (χ1) is 13.1. The Morgan fingerprint density at radius 2 is 1.93 bits per heavy atom. The third kappa shape index (κ3) is 4.89. The molecule has 0 amide bonds. The van der Waals surface area contributed by atoms with Crippen LogP contribution in [0.5, 0.6) is 11.5 Å². The fraction of sp³-hybridized carbons (Fsp3) is 0.300. The van der Waals surface area contributed by atoms with Crippen LogP contribution in [0.4, 0.5) is 0 Å². The molecule has 0 bridgehead atoms. The van der Waals surface area contributed by atoms with Gasteiger partial charge in [0.25, 0.3) is 0 Å². The molecule has 6 nitrogen and oxygen atoms in total. The van der Waals surface area contributed by atoms with E-state index in [1.165, 1.54) is 5.56 Å². The number of ether oxygens (including phenoxy) is 2. The first-order valence-electron chi connectivity index (χ1n) is 8.88. The minimum atomic E-state index is 0.503. The summed E-state index contributed by atoms with van der Waals surface area (Å²) in [7, 11) is 0. The summed E-state index contributed by atoms with van der Waals surface area (Å²) in [4.78, 5) is 0. The minimum absolute atomic E-state index is 0.503. The van der Waals surface area contributed by atoms with Crippen LogP contribution in [0.3, 0.4) is 0 Å². The van der Waals surface area contributed by atoms with Gasteiger partial charge in [0, 0.05) is 0 Å². The molecule has 142 valence electrons. The monoisotopic (exact) mass is 384 g/mol. The lowest BCUT2D eigenvalue weighted by atomic mass is 10.1. The van der Waals surface area contributed by atoms with Crippen molar-refractivity contribution in [2.24, 2.45) is 0 Å². The number of hydrogen-bond donors (Lipinski definition) is 2. The molecule has 1 aromatic heterocycles. The van der Waals surface area contributed by atoms with Crippen molar-refractivity contribution in [3.8, 4) is 11.5 Å².